The Morgan fingerprint density at radius 2 is 2.40 bits per heavy atom. The Morgan fingerprint density at radius 1 is 1.60 bits per heavy atom. The van der Waals surface area contributed by atoms with E-state index >= 15 is 0 Å². The standard InChI is InChI=1S/C11H18ClN3/c1-13-6-8-4-3-5-9(8)11-10(12)7-14-15(11)2/h7-9,13H,3-6H2,1-2H3. The molecule has 0 aliphatic heterocycles. The van der Waals surface area contributed by atoms with Gasteiger partial charge < -0.3 is 5.32 Å². The highest BCUT2D eigenvalue weighted by Crippen LogP contribution is 2.41. The van der Waals surface area contributed by atoms with Gasteiger partial charge in [0.15, 0.2) is 0 Å². The zero-order valence-electron chi connectivity index (χ0n) is 9.33. The van der Waals surface area contributed by atoms with Gasteiger partial charge >= 0.3 is 0 Å². The van der Waals surface area contributed by atoms with Gasteiger partial charge in [0.25, 0.3) is 0 Å². The minimum atomic E-state index is 0.581. The summed E-state index contributed by atoms with van der Waals surface area (Å²) in [7, 11) is 4.00. The van der Waals surface area contributed by atoms with Crippen LogP contribution in [0.15, 0.2) is 6.20 Å². The average Bonchev–Trinajstić information content (AvgIpc) is 2.75. The predicted octanol–water partition coefficient (Wildman–Crippen LogP) is 2.18. The minimum Gasteiger partial charge on any atom is -0.319 e. The van der Waals surface area contributed by atoms with Crippen LogP contribution in [-0.2, 0) is 7.05 Å². The molecule has 1 aliphatic rings. The normalized spacial score (nSPS) is 26.1. The Kier molecular flexibility index (Phi) is 3.32. The summed E-state index contributed by atoms with van der Waals surface area (Å²) in [5.74, 6) is 1.29. The second-order valence-electron chi connectivity index (χ2n) is 4.36. The second kappa shape index (κ2) is 4.54. The van der Waals surface area contributed by atoms with Crippen molar-refractivity contribution in [1.29, 1.82) is 0 Å². The molecule has 2 atom stereocenters. The summed E-state index contributed by atoms with van der Waals surface area (Å²) >= 11 is 6.19. The van der Waals surface area contributed by atoms with Crippen molar-refractivity contribution in [2.75, 3.05) is 13.6 Å². The molecule has 0 saturated heterocycles. The molecule has 1 N–H and O–H groups in total. The van der Waals surface area contributed by atoms with Gasteiger partial charge in [-0.3, -0.25) is 4.68 Å². The molecule has 4 heteroatoms. The predicted molar refractivity (Wildman–Crippen MR) is 62.2 cm³/mol. The Hall–Kier alpha value is -0.540. The third kappa shape index (κ3) is 2.04. The van der Waals surface area contributed by atoms with Gasteiger partial charge in [-0.2, -0.15) is 5.10 Å². The largest absolute Gasteiger partial charge is 0.319 e. The lowest BCUT2D eigenvalue weighted by molar-refractivity contribution is 0.442. The van der Waals surface area contributed by atoms with E-state index in [1.807, 2.05) is 18.8 Å². The average molecular weight is 228 g/mol. The molecule has 1 aromatic heterocycles. The monoisotopic (exact) mass is 227 g/mol. The molecule has 0 aromatic carbocycles. The second-order valence-corrected chi connectivity index (χ2v) is 4.76. The fraction of sp³-hybridized carbons (Fsp3) is 0.727. The zero-order valence-corrected chi connectivity index (χ0v) is 10.1. The van der Waals surface area contributed by atoms with Crippen molar-refractivity contribution in [3.63, 3.8) is 0 Å². The maximum absolute atomic E-state index is 6.19. The van der Waals surface area contributed by atoms with E-state index < -0.39 is 0 Å². The number of halogens is 1. The van der Waals surface area contributed by atoms with E-state index in [-0.39, 0.29) is 0 Å². The van der Waals surface area contributed by atoms with Gasteiger partial charge in [0, 0.05) is 13.0 Å². The highest BCUT2D eigenvalue weighted by molar-refractivity contribution is 6.31. The third-order valence-electron chi connectivity index (χ3n) is 3.41. The molecular weight excluding hydrogens is 210 g/mol. The summed E-state index contributed by atoms with van der Waals surface area (Å²) in [6.45, 7) is 1.08. The van der Waals surface area contributed by atoms with Gasteiger partial charge in [-0.05, 0) is 32.4 Å². The molecule has 0 amide bonds. The molecule has 0 radical (unpaired) electrons. The van der Waals surface area contributed by atoms with Gasteiger partial charge in [0.1, 0.15) is 0 Å². The first-order chi connectivity index (χ1) is 7.24. The lowest BCUT2D eigenvalue weighted by Crippen LogP contribution is -2.22. The first-order valence-electron chi connectivity index (χ1n) is 5.56. The summed E-state index contributed by atoms with van der Waals surface area (Å²) < 4.78 is 1.93. The topological polar surface area (TPSA) is 29.9 Å². The third-order valence-corrected chi connectivity index (χ3v) is 3.71. The van der Waals surface area contributed by atoms with Crippen molar-refractivity contribution in [3.8, 4) is 0 Å². The first kappa shape index (κ1) is 11.0. The van der Waals surface area contributed by atoms with Crippen LogP contribution in [0.4, 0.5) is 0 Å². The molecule has 1 aromatic rings. The SMILES string of the molecule is CNCC1CCCC1c1c(Cl)cnn1C. The van der Waals surface area contributed by atoms with Crippen LogP contribution in [0.1, 0.15) is 30.9 Å². The molecule has 1 aliphatic carbocycles. The van der Waals surface area contributed by atoms with Gasteiger partial charge in [0.2, 0.25) is 0 Å². The minimum absolute atomic E-state index is 0.581. The number of nitrogens with zero attached hydrogens (tertiary/aromatic N) is 2. The first-order valence-corrected chi connectivity index (χ1v) is 5.93. The van der Waals surface area contributed by atoms with Crippen molar-refractivity contribution in [2.24, 2.45) is 13.0 Å². The van der Waals surface area contributed by atoms with Crippen molar-refractivity contribution < 1.29 is 0 Å². The van der Waals surface area contributed by atoms with Gasteiger partial charge in [-0.1, -0.05) is 18.0 Å². The van der Waals surface area contributed by atoms with E-state index in [1.165, 1.54) is 25.0 Å². The quantitative estimate of drug-likeness (QED) is 0.858. The number of aromatic nitrogens is 2. The van der Waals surface area contributed by atoms with Gasteiger partial charge in [0.05, 0.1) is 16.9 Å². The van der Waals surface area contributed by atoms with Crippen LogP contribution in [0.2, 0.25) is 5.02 Å². The lowest BCUT2D eigenvalue weighted by atomic mass is 9.93. The molecule has 1 heterocycles. The summed E-state index contributed by atoms with van der Waals surface area (Å²) in [6.07, 6.45) is 5.60. The summed E-state index contributed by atoms with van der Waals surface area (Å²) in [5.41, 5.74) is 1.22. The van der Waals surface area contributed by atoms with Crippen LogP contribution < -0.4 is 5.32 Å². The van der Waals surface area contributed by atoms with Crippen LogP contribution in [0, 0.1) is 5.92 Å². The van der Waals surface area contributed by atoms with Crippen molar-refractivity contribution in [2.45, 2.75) is 25.2 Å². The van der Waals surface area contributed by atoms with Crippen molar-refractivity contribution >= 4 is 11.6 Å². The zero-order chi connectivity index (χ0) is 10.8. The molecule has 3 nitrogen and oxygen atoms in total. The van der Waals surface area contributed by atoms with Gasteiger partial charge in [-0.25, -0.2) is 0 Å². The highest BCUT2D eigenvalue weighted by Gasteiger charge is 2.31. The maximum Gasteiger partial charge on any atom is 0.0820 e. The number of hydrogen-bond acceptors (Lipinski definition) is 2. The van der Waals surface area contributed by atoms with Gasteiger partial charge in [-0.15, -0.1) is 0 Å². The molecular formula is C11H18ClN3. The molecule has 2 unspecified atom stereocenters. The Bertz CT molecular complexity index is 315. The molecule has 0 spiro atoms. The maximum atomic E-state index is 6.19. The van der Waals surface area contributed by atoms with Crippen LogP contribution in [-0.4, -0.2) is 23.4 Å². The Morgan fingerprint density at radius 3 is 3.00 bits per heavy atom. The number of rotatable bonds is 3. The molecule has 1 saturated carbocycles. The Balaban J connectivity index is 2.22. The van der Waals surface area contributed by atoms with Crippen LogP contribution in [0.5, 0.6) is 0 Å². The molecule has 0 bridgehead atoms. The molecule has 2 rings (SSSR count). The van der Waals surface area contributed by atoms with Crippen LogP contribution in [0.3, 0.4) is 0 Å². The highest BCUT2D eigenvalue weighted by atomic mass is 35.5. The van der Waals surface area contributed by atoms with Crippen molar-refractivity contribution in [1.82, 2.24) is 15.1 Å². The van der Waals surface area contributed by atoms with E-state index in [1.54, 1.807) is 6.20 Å². The smallest absolute Gasteiger partial charge is 0.0820 e. The number of nitrogens with one attached hydrogen (secondary N) is 1. The fourth-order valence-corrected chi connectivity index (χ4v) is 3.05. The fourth-order valence-electron chi connectivity index (χ4n) is 2.74. The van der Waals surface area contributed by atoms with E-state index in [0.29, 0.717) is 11.8 Å². The van der Waals surface area contributed by atoms with E-state index in [4.69, 9.17) is 11.6 Å². The summed E-state index contributed by atoms with van der Waals surface area (Å²) in [6, 6.07) is 0. The molecule has 84 valence electrons. The van der Waals surface area contributed by atoms with E-state index in [2.05, 4.69) is 10.4 Å². The number of hydrogen-bond donors (Lipinski definition) is 1. The van der Waals surface area contributed by atoms with E-state index in [9.17, 15) is 0 Å². The summed E-state index contributed by atoms with van der Waals surface area (Å²) in [5, 5.41) is 8.31. The molecule has 1 fully saturated rings. The number of aryl methyl sites for hydroxylation is 1. The van der Waals surface area contributed by atoms with E-state index in [0.717, 1.165) is 11.6 Å². The van der Waals surface area contributed by atoms with Crippen LogP contribution >= 0.6 is 11.6 Å². The Labute approximate surface area is 95.8 Å². The van der Waals surface area contributed by atoms with Crippen molar-refractivity contribution in [3.05, 3.63) is 16.9 Å². The summed E-state index contributed by atoms with van der Waals surface area (Å²) in [4.78, 5) is 0. The lowest BCUT2D eigenvalue weighted by Gasteiger charge is -2.19. The van der Waals surface area contributed by atoms with Crippen LogP contribution in [0.25, 0.3) is 0 Å². The molecule has 15 heavy (non-hydrogen) atoms.